The predicted molar refractivity (Wildman–Crippen MR) is 121 cm³/mol. The first-order valence-corrected chi connectivity index (χ1v) is 13.0. The van der Waals surface area contributed by atoms with Crippen molar-refractivity contribution in [1.82, 2.24) is 4.98 Å². The standard InChI is InChI=1S/C24H26NO3S2/c1-17-25-24(20-10-14-22(15-11-20)30(2,26)27)23(29-17)16-28-21-12-8-19(9-13-21)18-6-4-3-5-7-18/h8,10-15,18H,3-7,16H2,1-2H3. The summed E-state index contributed by atoms with van der Waals surface area (Å²) in [4.78, 5) is 5.98. The molecular weight excluding hydrogens is 414 g/mol. The van der Waals surface area contributed by atoms with Gasteiger partial charge >= 0.3 is 0 Å². The van der Waals surface area contributed by atoms with Gasteiger partial charge in [-0.1, -0.05) is 37.5 Å². The normalized spacial score (nSPS) is 15.3. The van der Waals surface area contributed by atoms with E-state index in [9.17, 15) is 8.42 Å². The first kappa shape index (κ1) is 21.1. The van der Waals surface area contributed by atoms with Gasteiger partial charge in [-0.3, -0.25) is 0 Å². The molecule has 0 bridgehead atoms. The lowest BCUT2D eigenvalue weighted by molar-refractivity contribution is 0.309. The molecule has 1 aromatic heterocycles. The highest BCUT2D eigenvalue weighted by Gasteiger charge is 2.16. The average molecular weight is 441 g/mol. The Morgan fingerprint density at radius 1 is 1.10 bits per heavy atom. The lowest BCUT2D eigenvalue weighted by atomic mass is 9.84. The minimum absolute atomic E-state index is 0.310. The van der Waals surface area contributed by atoms with E-state index >= 15 is 0 Å². The van der Waals surface area contributed by atoms with Crippen LogP contribution in [0.5, 0.6) is 5.75 Å². The van der Waals surface area contributed by atoms with E-state index in [1.54, 1.807) is 35.6 Å². The first-order chi connectivity index (χ1) is 14.4. The van der Waals surface area contributed by atoms with Crippen LogP contribution in [0.25, 0.3) is 11.3 Å². The molecule has 6 heteroatoms. The maximum Gasteiger partial charge on any atom is 0.175 e. The monoisotopic (exact) mass is 440 g/mol. The summed E-state index contributed by atoms with van der Waals surface area (Å²) in [5.41, 5.74) is 3.03. The third-order valence-electron chi connectivity index (χ3n) is 5.58. The number of aromatic nitrogens is 1. The summed E-state index contributed by atoms with van der Waals surface area (Å²) < 4.78 is 29.4. The van der Waals surface area contributed by atoms with Gasteiger partial charge in [0.1, 0.15) is 12.4 Å². The third-order valence-corrected chi connectivity index (χ3v) is 7.66. The van der Waals surface area contributed by atoms with Crippen LogP contribution < -0.4 is 4.74 Å². The summed E-state index contributed by atoms with van der Waals surface area (Å²) in [5, 5.41) is 0.954. The van der Waals surface area contributed by atoms with Crippen molar-refractivity contribution in [3.05, 3.63) is 64.0 Å². The van der Waals surface area contributed by atoms with Gasteiger partial charge in [-0.2, -0.15) is 0 Å². The van der Waals surface area contributed by atoms with Gasteiger partial charge in [0.2, 0.25) is 0 Å². The molecule has 0 N–H and O–H groups in total. The number of thiazole rings is 1. The van der Waals surface area contributed by atoms with Crippen molar-refractivity contribution in [2.24, 2.45) is 0 Å². The second kappa shape index (κ2) is 8.90. The van der Waals surface area contributed by atoms with Crippen LogP contribution in [0.15, 0.2) is 47.4 Å². The van der Waals surface area contributed by atoms with Gasteiger partial charge in [-0.25, -0.2) is 13.4 Å². The lowest BCUT2D eigenvalue weighted by Gasteiger charge is -2.21. The van der Waals surface area contributed by atoms with Crippen LogP contribution in [-0.4, -0.2) is 19.7 Å². The smallest absolute Gasteiger partial charge is 0.175 e. The zero-order valence-corrected chi connectivity index (χ0v) is 19.0. The van der Waals surface area contributed by atoms with E-state index in [0.717, 1.165) is 26.9 Å². The fourth-order valence-corrected chi connectivity index (χ4v) is 5.48. The number of hydrogen-bond acceptors (Lipinski definition) is 5. The van der Waals surface area contributed by atoms with Gasteiger partial charge in [-0.05, 0) is 61.6 Å². The molecule has 157 valence electrons. The van der Waals surface area contributed by atoms with Gasteiger partial charge in [0.25, 0.3) is 0 Å². The van der Waals surface area contributed by atoms with Gasteiger partial charge in [0.05, 0.1) is 20.5 Å². The van der Waals surface area contributed by atoms with Crippen LogP contribution in [0.2, 0.25) is 0 Å². The van der Waals surface area contributed by atoms with Crippen molar-refractivity contribution in [1.29, 1.82) is 0 Å². The number of nitrogens with zero attached hydrogens (tertiary/aromatic N) is 1. The van der Waals surface area contributed by atoms with E-state index in [-0.39, 0.29) is 0 Å². The Bertz CT molecular complexity index is 1090. The SMILES string of the molecule is Cc1nc(-c2ccc(S(C)(=O)=O)cc2)c(COc2c[c]c(C3CCCCC3)cc2)s1. The van der Waals surface area contributed by atoms with Gasteiger partial charge in [-0.15, -0.1) is 11.3 Å². The molecule has 2 aromatic carbocycles. The molecule has 1 aliphatic rings. The molecule has 0 spiro atoms. The number of benzene rings is 2. The Kier molecular flexibility index (Phi) is 6.25. The fraction of sp³-hybridized carbons (Fsp3) is 0.375. The van der Waals surface area contributed by atoms with Crippen LogP contribution in [-0.2, 0) is 16.4 Å². The first-order valence-electron chi connectivity index (χ1n) is 10.3. The van der Waals surface area contributed by atoms with Crippen LogP contribution >= 0.6 is 11.3 Å². The summed E-state index contributed by atoms with van der Waals surface area (Å²) in [6, 6.07) is 16.4. The van der Waals surface area contributed by atoms with Crippen molar-refractivity contribution < 1.29 is 13.2 Å². The molecule has 0 unspecified atom stereocenters. The molecule has 1 saturated carbocycles. The average Bonchev–Trinajstić information content (AvgIpc) is 3.13. The van der Waals surface area contributed by atoms with Crippen molar-refractivity contribution in [3.63, 3.8) is 0 Å². The Hall–Kier alpha value is -2.18. The van der Waals surface area contributed by atoms with E-state index in [1.807, 2.05) is 19.1 Å². The molecule has 30 heavy (non-hydrogen) atoms. The van der Waals surface area contributed by atoms with Gasteiger partial charge < -0.3 is 4.74 Å². The molecule has 1 aliphatic carbocycles. The van der Waals surface area contributed by atoms with Crippen LogP contribution in [0.3, 0.4) is 0 Å². The van der Waals surface area contributed by atoms with Crippen molar-refractivity contribution >= 4 is 21.2 Å². The fourth-order valence-electron chi connectivity index (χ4n) is 3.98. The van der Waals surface area contributed by atoms with E-state index < -0.39 is 9.84 Å². The Morgan fingerprint density at radius 3 is 2.47 bits per heavy atom. The molecule has 1 radical (unpaired) electrons. The van der Waals surface area contributed by atoms with Crippen LogP contribution in [0, 0.1) is 13.0 Å². The topological polar surface area (TPSA) is 56.3 Å². The highest BCUT2D eigenvalue weighted by molar-refractivity contribution is 7.90. The summed E-state index contributed by atoms with van der Waals surface area (Å²) in [6.07, 6.45) is 7.72. The molecule has 1 fully saturated rings. The zero-order chi connectivity index (χ0) is 21.1. The van der Waals surface area contributed by atoms with Crippen molar-refractivity contribution in [3.8, 4) is 17.0 Å². The minimum atomic E-state index is -3.21. The summed E-state index contributed by atoms with van der Waals surface area (Å²) >= 11 is 1.60. The predicted octanol–water partition coefficient (Wildman–Crippen LogP) is 5.95. The molecule has 1 heterocycles. The number of sulfone groups is 1. The highest BCUT2D eigenvalue weighted by Crippen LogP contribution is 2.34. The second-order valence-electron chi connectivity index (χ2n) is 7.90. The summed E-state index contributed by atoms with van der Waals surface area (Å²) in [7, 11) is -3.21. The van der Waals surface area contributed by atoms with E-state index in [1.165, 1.54) is 43.9 Å². The highest BCUT2D eigenvalue weighted by atomic mass is 32.2. The van der Waals surface area contributed by atoms with Gasteiger partial charge in [0, 0.05) is 11.8 Å². The number of ether oxygens (including phenoxy) is 1. The summed E-state index contributed by atoms with van der Waals surface area (Å²) in [5.74, 6) is 1.44. The second-order valence-corrected chi connectivity index (χ2v) is 11.2. The molecule has 0 atom stereocenters. The maximum absolute atomic E-state index is 11.7. The van der Waals surface area contributed by atoms with Crippen LogP contribution in [0.4, 0.5) is 0 Å². The number of aryl methyl sites for hydroxylation is 1. The summed E-state index contributed by atoms with van der Waals surface area (Å²) in [6.45, 7) is 2.39. The quantitative estimate of drug-likeness (QED) is 0.475. The number of rotatable bonds is 6. The Balaban J connectivity index is 1.47. The molecule has 0 saturated heterocycles. The maximum atomic E-state index is 11.7. The van der Waals surface area contributed by atoms with Gasteiger partial charge in [0.15, 0.2) is 9.84 Å². The molecule has 0 aliphatic heterocycles. The lowest BCUT2D eigenvalue weighted by Crippen LogP contribution is -2.04. The third kappa shape index (κ3) is 4.93. The van der Waals surface area contributed by atoms with Crippen LogP contribution in [0.1, 0.15) is 53.5 Å². The van der Waals surface area contributed by atoms with E-state index in [4.69, 9.17) is 4.74 Å². The Labute approximate surface area is 182 Å². The molecule has 3 aromatic rings. The largest absolute Gasteiger partial charge is 0.488 e. The van der Waals surface area contributed by atoms with E-state index in [2.05, 4.69) is 17.1 Å². The van der Waals surface area contributed by atoms with E-state index in [0.29, 0.717) is 17.4 Å². The molecule has 4 rings (SSSR count). The number of hydrogen-bond donors (Lipinski definition) is 0. The van der Waals surface area contributed by atoms with Crippen molar-refractivity contribution in [2.75, 3.05) is 6.26 Å². The zero-order valence-electron chi connectivity index (χ0n) is 17.3. The van der Waals surface area contributed by atoms with Crippen molar-refractivity contribution in [2.45, 2.75) is 56.4 Å². The molecular formula is C24H26NO3S2. The molecule has 0 amide bonds. The molecule has 4 nitrogen and oxygen atoms in total. The Morgan fingerprint density at radius 2 is 1.83 bits per heavy atom. The minimum Gasteiger partial charge on any atom is -0.488 e.